The van der Waals surface area contributed by atoms with E-state index in [-0.39, 0.29) is 11.5 Å². The molecule has 0 atom stereocenters. The Hall–Kier alpha value is -2.59. The topological polar surface area (TPSA) is 49.8 Å². The van der Waals surface area contributed by atoms with Crippen LogP contribution in [0.1, 0.15) is 46.5 Å². The number of fused-ring (bicyclic) bond motifs is 1. The van der Waals surface area contributed by atoms with Crippen LogP contribution in [0.5, 0.6) is 11.5 Å². The number of ketones is 1. The standard InChI is InChI=1S/C22H25NO3/c1-5-23(6-2)13-17-18(24)11-15(4)20-21(25)19(26-22(17)20)12-16-9-7-14(3)8-10-16/h7-12,24H,5-6,13H2,1-4H3/b19-12-. The van der Waals surface area contributed by atoms with E-state index in [1.54, 1.807) is 12.1 Å². The molecule has 26 heavy (non-hydrogen) atoms. The largest absolute Gasteiger partial charge is 0.507 e. The average molecular weight is 351 g/mol. The molecule has 1 N–H and O–H groups in total. The Morgan fingerprint density at radius 3 is 2.38 bits per heavy atom. The predicted octanol–water partition coefficient (Wildman–Crippen LogP) is 4.47. The Labute approximate surface area is 154 Å². The molecule has 0 unspecified atom stereocenters. The van der Waals surface area contributed by atoms with Crippen LogP contribution in [0.15, 0.2) is 36.1 Å². The van der Waals surface area contributed by atoms with E-state index in [2.05, 4.69) is 18.7 Å². The first kappa shape index (κ1) is 18.2. The molecular weight excluding hydrogens is 326 g/mol. The number of nitrogens with zero attached hydrogens (tertiary/aromatic N) is 1. The summed E-state index contributed by atoms with van der Waals surface area (Å²) >= 11 is 0. The Bertz CT molecular complexity index is 862. The van der Waals surface area contributed by atoms with Crippen molar-refractivity contribution < 1.29 is 14.6 Å². The Morgan fingerprint density at radius 2 is 1.77 bits per heavy atom. The van der Waals surface area contributed by atoms with Crippen LogP contribution in [-0.2, 0) is 6.54 Å². The van der Waals surface area contributed by atoms with Crippen molar-refractivity contribution >= 4 is 11.9 Å². The maximum absolute atomic E-state index is 12.9. The second-order valence-corrected chi connectivity index (χ2v) is 6.71. The van der Waals surface area contributed by atoms with Crippen LogP contribution in [0.2, 0.25) is 0 Å². The van der Waals surface area contributed by atoms with E-state index in [9.17, 15) is 9.90 Å². The molecule has 3 rings (SSSR count). The molecule has 136 valence electrons. The number of carbonyl (C=O) groups is 1. The van der Waals surface area contributed by atoms with E-state index in [4.69, 9.17) is 4.74 Å². The lowest BCUT2D eigenvalue weighted by molar-refractivity contribution is 0.101. The van der Waals surface area contributed by atoms with Crippen molar-refractivity contribution in [2.75, 3.05) is 13.1 Å². The highest BCUT2D eigenvalue weighted by Gasteiger charge is 2.33. The molecule has 0 radical (unpaired) electrons. The summed E-state index contributed by atoms with van der Waals surface area (Å²) in [5.41, 5.74) is 4.05. The van der Waals surface area contributed by atoms with Gasteiger partial charge in [-0.2, -0.15) is 0 Å². The third kappa shape index (κ3) is 3.37. The molecule has 2 aromatic carbocycles. The number of aryl methyl sites for hydroxylation is 2. The van der Waals surface area contributed by atoms with Crippen LogP contribution in [0, 0.1) is 13.8 Å². The highest BCUT2D eigenvalue weighted by molar-refractivity contribution is 6.15. The molecule has 2 aromatic rings. The molecule has 1 heterocycles. The van der Waals surface area contributed by atoms with Gasteiger partial charge in [0.15, 0.2) is 5.76 Å². The number of benzene rings is 2. The van der Waals surface area contributed by atoms with Crippen molar-refractivity contribution in [2.24, 2.45) is 0 Å². The van der Waals surface area contributed by atoms with Gasteiger partial charge in [-0.1, -0.05) is 43.7 Å². The van der Waals surface area contributed by atoms with Crippen LogP contribution in [-0.4, -0.2) is 28.9 Å². The Balaban J connectivity index is 2.02. The molecule has 0 saturated carbocycles. The molecule has 0 aliphatic carbocycles. The molecule has 1 aliphatic rings. The summed E-state index contributed by atoms with van der Waals surface area (Å²) in [6, 6.07) is 9.59. The second kappa shape index (κ2) is 7.34. The van der Waals surface area contributed by atoms with Crippen molar-refractivity contribution in [1.82, 2.24) is 4.90 Å². The molecule has 0 aromatic heterocycles. The van der Waals surface area contributed by atoms with Gasteiger partial charge in [0.05, 0.1) is 11.1 Å². The Kier molecular flexibility index (Phi) is 5.14. The summed E-state index contributed by atoms with van der Waals surface area (Å²) in [4.78, 5) is 15.1. The van der Waals surface area contributed by atoms with Gasteiger partial charge >= 0.3 is 0 Å². The molecule has 4 nitrogen and oxygen atoms in total. The molecular formula is C22H25NO3. The number of allylic oxidation sites excluding steroid dienone is 1. The quantitative estimate of drug-likeness (QED) is 0.808. The number of rotatable bonds is 5. The van der Waals surface area contributed by atoms with E-state index >= 15 is 0 Å². The number of Topliss-reactive ketones (excluding diaryl/α,β-unsaturated/α-hetero) is 1. The van der Waals surface area contributed by atoms with Gasteiger partial charge in [-0.25, -0.2) is 0 Å². The van der Waals surface area contributed by atoms with Crippen molar-refractivity contribution in [3.05, 3.63) is 63.9 Å². The maximum atomic E-state index is 12.9. The summed E-state index contributed by atoms with van der Waals surface area (Å²) in [6.07, 6.45) is 1.76. The monoisotopic (exact) mass is 351 g/mol. The molecule has 0 amide bonds. The Morgan fingerprint density at radius 1 is 1.12 bits per heavy atom. The summed E-state index contributed by atoms with van der Waals surface area (Å²) in [5.74, 6) is 0.854. The third-order valence-corrected chi connectivity index (χ3v) is 4.87. The second-order valence-electron chi connectivity index (χ2n) is 6.71. The smallest absolute Gasteiger partial charge is 0.232 e. The fraction of sp³-hybridized carbons (Fsp3) is 0.318. The van der Waals surface area contributed by atoms with Crippen molar-refractivity contribution in [3.63, 3.8) is 0 Å². The number of phenolic OH excluding ortho intramolecular Hbond substituents is 1. The zero-order chi connectivity index (χ0) is 18.8. The number of hydrogen-bond acceptors (Lipinski definition) is 4. The first-order chi connectivity index (χ1) is 12.4. The normalized spacial score (nSPS) is 14.8. The lowest BCUT2D eigenvalue weighted by atomic mass is 9.99. The van der Waals surface area contributed by atoms with Crippen LogP contribution in [0.4, 0.5) is 0 Å². The van der Waals surface area contributed by atoms with Gasteiger partial charge in [0.2, 0.25) is 5.78 Å². The van der Waals surface area contributed by atoms with Crippen molar-refractivity contribution in [3.8, 4) is 11.5 Å². The van der Waals surface area contributed by atoms with Gasteiger partial charge in [-0.3, -0.25) is 9.69 Å². The number of carbonyl (C=O) groups excluding carboxylic acids is 1. The van der Waals surface area contributed by atoms with Crippen molar-refractivity contribution in [1.29, 1.82) is 0 Å². The summed E-state index contributed by atoms with van der Waals surface area (Å²) in [5, 5.41) is 10.5. The van der Waals surface area contributed by atoms with Crippen LogP contribution in [0.25, 0.3) is 6.08 Å². The van der Waals surface area contributed by atoms with E-state index in [1.165, 1.54) is 0 Å². The fourth-order valence-electron chi connectivity index (χ4n) is 3.22. The lowest BCUT2D eigenvalue weighted by Gasteiger charge is -2.20. The average Bonchev–Trinajstić information content (AvgIpc) is 2.94. The van der Waals surface area contributed by atoms with Crippen LogP contribution in [0.3, 0.4) is 0 Å². The van der Waals surface area contributed by atoms with Crippen LogP contribution < -0.4 is 4.74 Å². The number of aromatic hydroxyl groups is 1. The highest BCUT2D eigenvalue weighted by atomic mass is 16.5. The number of ether oxygens (including phenoxy) is 1. The predicted molar refractivity (Wildman–Crippen MR) is 104 cm³/mol. The SMILES string of the molecule is CCN(CC)Cc1c(O)cc(C)c2c1O/C(=C\c1ccc(C)cc1)C2=O. The van der Waals surface area contributed by atoms with Gasteiger partial charge in [0.1, 0.15) is 11.5 Å². The van der Waals surface area contributed by atoms with Crippen molar-refractivity contribution in [2.45, 2.75) is 34.2 Å². The maximum Gasteiger partial charge on any atom is 0.232 e. The van der Waals surface area contributed by atoms with Gasteiger partial charge in [-0.15, -0.1) is 0 Å². The lowest BCUT2D eigenvalue weighted by Crippen LogP contribution is -2.22. The van der Waals surface area contributed by atoms with E-state index < -0.39 is 0 Å². The molecule has 4 heteroatoms. The molecule has 0 saturated heterocycles. The summed E-state index contributed by atoms with van der Waals surface area (Å²) < 4.78 is 5.96. The zero-order valence-electron chi connectivity index (χ0n) is 15.8. The molecule has 0 fully saturated rings. The number of hydrogen-bond donors (Lipinski definition) is 1. The van der Waals surface area contributed by atoms with Gasteiger partial charge in [-0.05, 0) is 50.2 Å². The van der Waals surface area contributed by atoms with E-state index in [0.717, 1.165) is 29.8 Å². The first-order valence-electron chi connectivity index (χ1n) is 9.03. The fourth-order valence-corrected chi connectivity index (χ4v) is 3.22. The first-order valence-corrected chi connectivity index (χ1v) is 9.03. The summed E-state index contributed by atoms with van der Waals surface area (Å²) in [6.45, 7) is 10.3. The van der Waals surface area contributed by atoms with Gasteiger partial charge in [0, 0.05) is 6.54 Å². The van der Waals surface area contributed by atoms with Gasteiger partial charge < -0.3 is 9.84 Å². The van der Waals surface area contributed by atoms with Crippen LogP contribution >= 0.6 is 0 Å². The minimum absolute atomic E-state index is 0.126. The highest BCUT2D eigenvalue weighted by Crippen LogP contribution is 2.42. The van der Waals surface area contributed by atoms with Gasteiger partial charge in [0.25, 0.3) is 0 Å². The zero-order valence-corrected chi connectivity index (χ0v) is 15.8. The minimum Gasteiger partial charge on any atom is -0.507 e. The molecule has 1 aliphatic heterocycles. The molecule has 0 spiro atoms. The number of phenols is 1. The summed E-state index contributed by atoms with van der Waals surface area (Å²) in [7, 11) is 0. The van der Waals surface area contributed by atoms with E-state index in [1.807, 2.05) is 38.1 Å². The third-order valence-electron chi connectivity index (χ3n) is 4.87. The minimum atomic E-state index is -0.126. The molecule has 0 bridgehead atoms. The van der Waals surface area contributed by atoms with E-state index in [0.29, 0.717) is 29.2 Å².